The Kier molecular flexibility index (Phi) is 3.73. The zero-order chi connectivity index (χ0) is 11.5. The molecule has 0 aromatic carbocycles. The van der Waals surface area contributed by atoms with Crippen LogP contribution >= 0.6 is 15.9 Å². The number of anilines is 1. The van der Waals surface area contributed by atoms with Gasteiger partial charge in [0.15, 0.2) is 0 Å². The Morgan fingerprint density at radius 2 is 2.25 bits per heavy atom. The molecule has 0 radical (unpaired) electrons. The number of morpholine rings is 1. The van der Waals surface area contributed by atoms with Crippen molar-refractivity contribution in [3.8, 4) is 0 Å². The minimum Gasteiger partial charge on any atom is -0.373 e. The third kappa shape index (κ3) is 2.50. The molecule has 2 rings (SSSR count). The minimum absolute atomic E-state index is 0.0726. The lowest BCUT2D eigenvalue weighted by atomic mass is 10.2. The molecule has 5 nitrogen and oxygen atoms in total. The highest BCUT2D eigenvalue weighted by Crippen LogP contribution is 2.18. The van der Waals surface area contributed by atoms with Crippen LogP contribution < -0.4 is 10.6 Å². The maximum absolute atomic E-state index is 5.61. The van der Waals surface area contributed by atoms with Crippen LogP contribution in [0, 0.1) is 0 Å². The van der Waals surface area contributed by atoms with Gasteiger partial charge in [-0.1, -0.05) is 0 Å². The van der Waals surface area contributed by atoms with Crippen molar-refractivity contribution in [2.24, 2.45) is 5.73 Å². The van der Waals surface area contributed by atoms with Gasteiger partial charge in [0.25, 0.3) is 0 Å². The molecule has 2 unspecified atom stereocenters. The molecule has 2 atom stereocenters. The van der Waals surface area contributed by atoms with E-state index in [-0.39, 0.29) is 12.1 Å². The highest BCUT2D eigenvalue weighted by Gasteiger charge is 2.26. The maximum Gasteiger partial charge on any atom is 0.225 e. The second-order valence-corrected chi connectivity index (χ2v) is 4.81. The lowest BCUT2D eigenvalue weighted by molar-refractivity contribution is 0.0276. The van der Waals surface area contributed by atoms with Gasteiger partial charge in [0.1, 0.15) is 0 Å². The predicted octanol–water partition coefficient (Wildman–Crippen LogP) is 0.792. The van der Waals surface area contributed by atoms with E-state index in [4.69, 9.17) is 10.5 Å². The number of hydrogen-bond acceptors (Lipinski definition) is 5. The van der Waals surface area contributed by atoms with Gasteiger partial charge in [0.2, 0.25) is 5.95 Å². The second-order valence-electron chi connectivity index (χ2n) is 3.89. The fourth-order valence-electron chi connectivity index (χ4n) is 1.69. The highest BCUT2D eigenvalue weighted by molar-refractivity contribution is 9.10. The highest BCUT2D eigenvalue weighted by atomic mass is 79.9. The van der Waals surface area contributed by atoms with E-state index in [2.05, 4.69) is 37.7 Å². The van der Waals surface area contributed by atoms with Crippen molar-refractivity contribution in [1.29, 1.82) is 0 Å². The Bertz CT molecular complexity index is 345. The molecule has 1 aliphatic rings. The zero-order valence-corrected chi connectivity index (χ0v) is 10.7. The SMILES string of the molecule is CC1COC(CN)CN1c1ncc(Br)cn1. The van der Waals surface area contributed by atoms with Crippen molar-refractivity contribution in [3.05, 3.63) is 16.9 Å². The molecule has 0 amide bonds. The summed E-state index contributed by atoms with van der Waals surface area (Å²) < 4.78 is 6.47. The van der Waals surface area contributed by atoms with Crippen molar-refractivity contribution >= 4 is 21.9 Å². The van der Waals surface area contributed by atoms with Gasteiger partial charge >= 0.3 is 0 Å². The van der Waals surface area contributed by atoms with Crippen LogP contribution in [0.5, 0.6) is 0 Å². The van der Waals surface area contributed by atoms with Crippen LogP contribution in [-0.2, 0) is 4.74 Å². The fourth-order valence-corrected chi connectivity index (χ4v) is 1.90. The molecule has 6 heteroatoms. The van der Waals surface area contributed by atoms with Crippen LogP contribution in [0.3, 0.4) is 0 Å². The third-order valence-electron chi connectivity index (χ3n) is 2.63. The molecule has 0 spiro atoms. The molecule has 0 aliphatic carbocycles. The number of rotatable bonds is 2. The zero-order valence-electron chi connectivity index (χ0n) is 9.14. The van der Waals surface area contributed by atoms with Crippen molar-refractivity contribution < 1.29 is 4.74 Å². The average molecular weight is 287 g/mol. The van der Waals surface area contributed by atoms with Gasteiger partial charge < -0.3 is 15.4 Å². The normalized spacial score (nSPS) is 25.8. The molecular weight excluding hydrogens is 272 g/mol. The summed E-state index contributed by atoms with van der Waals surface area (Å²) in [6.45, 7) is 4.04. The van der Waals surface area contributed by atoms with Gasteiger partial charge in [-0.05, 0) is 22.9 Å². The number of ether oxygens (including phenoxy) is 1. The monoisotopic (exact) mass is 286 g/mol. The third-order valence-corrected chi connectivity index (χ3v) is 3.04. The number of halogens is 1. The van der Waals surface area contributed by atoms with E-state index in [0.29, 0.717) is 13.2 Å². The largest absolute Gasteiger partial charge is 0.373 e. The number of aromatic nitrogens is 2. The van der Waals surface area contributed by atoms with Crippen LogP contribution in [0.1, 0.15) is 6.92 Å². The first kappa shape index (κ1) is 11.8. The Morgan fingerprint density at radius 3 is 2.88 bits per heavy atom. The number of nitrogens with zero attached hydrogens (tertiary/aromatic N) is 3. The molecule has 1 saturated heterocycles. The Labute approximate surface area is 103 Å². The number of hydrogen-bond donors (Lipinski definition) is 1. The molecular formula is C10H15BrN4O. The van der Waals surface area contributed by atoms with E-state index in [9.17, 15) is 0 Å². The molecule has 2 heterocycles. The van der Waals surface area contributed by atoms with Crippen molar-refractivity contribution in [2.75, 3.05) is 24.6 Å². The smallest absolute Gasteiger partial charge is 0.225 e. The minimum atomic E-state index is 0.0726. The van der Waals surface area contributed by atoms with Crippen LogP contribution in [0.2, 0.25) is 0 Å². The quantitative estimate of drug-likeness (QED) is 0.871. The summed E-state index contributed by atoms with van der Waals surface area (Å²) in [5.74, 6) is 0.734. The molecule has 0 saturated carbocycles. The van der Waals surface area contributed by atoms with Gasteiger partial charge in [-0.2, -0.15) is 0 Å². The molecule has 16 heavy (non-hydrogen) atoms. The molecule has 1 aliphatic heterocycles. The summed E-state index contributed by atoms with van der Waals surface area (Å²) >= 11 is 3.32. The molecule has 1 aromatic rings. The Hall–Kier alpha value is -0.720. The van der Waals surface area contributed by atoms with E-state index >= 15 is 0 Å². The van der Waals surface area contributed by atoms with Crippen LogP contribution in [-0.4, -0.2) is 41.8 Å². The fraction of sp³-hybridized carbons (Fsp3) is 0.600. The van der Waals surface area contributed by atoms with Gasteiger partial charge in [-0.3, -0.25) is 0 Å². The molecule has 2 N–H and O–H groups in total. The van der Waals surface area contributed by atoms with Crippen molar-refractivity contribution in [3.63, 3.8) is 0 Å². The topological polar surface area (TPSA) is 64.3 Å². The lowest BCUT2D eigenvalue weighted by Crippen LogP contribution is -2.51. The summed E-state index contributed by atoms with van der Waals surface area (Å²) in [7, 11) is 0. The molecule has 1 fully saturated rings. The van der Waals surface area contributed by atoms with Gasteiger partial charge in [0.05, 0.1) is 23.2 Å². The Morgan fingerprint density at radius 1 is 1.56 bits per heavy atom. The first-order valence-corrected chi connectivity index (χ1v) is 6.06. The van der Waals surface area contributed by atoms with Crippen LogP contribution in [0.4, 0.5) is 5.95 Å². The first-order chi connectivity index (χ1) is 7.70. The van der Waals surface area contributed by atoms with E-state index in [0.717, 1.165) is 17.0 Å². The lowest BCUT2D eigenvalue weighted by Gasteiger charge is -2.37. The van der Waals surface area contributed by atoms with Gasteiger partial charge in [-0.15, -0.1) is 0 Å². The first-order valence-electron chi connectivity index (χ1n) is 5.26. The van der Waals surface area contributed by atoms with Crippen LogP contribution in [0.25, 0.3) is 0 Å². The maximum atomic E-state index is 5.61. The average Bonchev–Trinajstić information content (AvgIpc) is 2.31. The summed E-state index contributed by atoms with van der Waals surface area (Å²) in [5.41, 5.74) is 5.61. The molecule has 1 aromatic heterocycles. The summed E-state index contributed by atoms with van der Waals surface area (Å²) in [4.78, 5) is 10.7. The van der Waals surface area contributed by atoms with Crippen LogP contribution in [0.15, 0.2) is 16.9 Å². The second kappa shape index (κ2) is 5.07. The van der Waals surface area contributed by atoms with E-state index in [1.807, 2.05) is 0 Å². The van der Waals surface area contributed by atoms with E-state index in [1.165, 1.54) is 0 Å². The van der Waals surface area contributed by atoms with Crippen molar-refractivity contribution in [1.82, 2.24) is 9.97 Å². The Balaban J connectivity index is 2.14. The van der Waals surface area contributed by atoms with Gasteiger partial charge in [-0.25, -0.2) is 9.97 Å². The number of nitrogens with two attached hydrogens (primary N) is 1. The molecule has 88 valence electrons. The standard InChI is InChI=1S/C10H15BrN4O/c1-7-6-16-9(2-12)5-15(7)10-13-3-8(11)4-14-10/h3-4,7,9H,2,5-6,12H2,1H3. The summed E-state index contributed by atoms with van der Waals surface area (Å²) in [6, 6.07) is 0.281. The predicted molar refractivity (Wildman–Crippen MR) is 65.3 cm³/mol. The van der Waals surface area contributed by atoms with E-state index in [1.54, 1.807) is 12.4 Å². The summed E-state index contributed by atoms with van der Waals surface area (Å²) in [6.07, 6.45) is 3.58. The van der Waals surface area contributed by atoms with Gasteiger partial charge in [0, 0.05) is 25.5 Å². The summed E-state index contributed by atoms with van der Waals surface area (Å²) in [5, 5.41) is 0. The van der Waals surface area contributed by atoms with E-state index < -0.39 is 0 Å². The molecule has 0 bridgehead atoms. The van der Waals surface area contributed by atoms with Crippen molar-refractivity contribution in [2.45, 2.75) is 19.1 Å².